The Balaban J connectivity index is 0.000000774. The maximum atomic E-state index is 8.00. The Morgan fingerprint density at radius 3 is 0.952 bits per heavy atom. The van der Waals surface area contributed by atoms with Crippen LogP contribution >= 0.6 is 0 Å². The fourth-order valence-corrected chi connectivity index (χ4v) is 2.18. The van der Waals surface area contributed by atoms with Crippen LogP contribution in [-0.2, 0) is 4.79 Å². The quantitative estimate of drug-likeness (QED) is 0.672. The highest BCUT2D eigenvalue weighted by molar-refractivity contribution is 5.76. The molecule has 0 saturated heterocycles. The van der Waals surface area contributed by atoms with Crippen LogP contribution in [0.3, 0.4) is 0 Å². The van der Waals surface area contributed by atoms with E-state index in [2.05, 4.69) is 77.7 Å². The molecule has 0 saturated carbocycles. The molecule has 0 aliphatic rings. The third-order valence-corrected chi connectivity index (χ3v) is 3.04. The molecular formula is C19H17NO. The van der Waals surface area contributed by atoms with Gasteiger partial charge in [0.2, 0.25) is 0 Å². The van der Waals surface area contributed by atoms with E-state index in [0.29, 0.717) is 0 Å². The van der Waals surface area contributed by atoms with Gasteiger partial charge in [-0.15, -0.1) is 0 Å². The van der Waals surface area contributed by atoms with Gasteiger partial charge < -0.3 is 9.69 Å². The lowest BCUT2D eigenvalue weighted by molar-refractivity contribution is -0.0979. The van der Waals surface area contributed by atoms with Gasteiger partial charge >= 0.3 is 0 Å². The number of hydrogen-bond acceptors (Lipinski definition) is 2. The number of nitrogens with zero attached hydrogens (tertiary/aromatic N) is 1. The van der Waals surface area contributed by atoms with Gasteiger partial charge in [-0.1, -0.05) is 54.6 Å². The lowest BCUT2D eigenvalue weighted by atomic mass is 10.2. The van der Waals surface area contributed by atoms with E-state index in [0.717, 1.165) is 0 Å². The fourth-order valence-electron chi connectivity index (χ4n) is 2.18. The Labute approximate surface area is 125 Å². The molecule has 0 aliphatic carbocycles. The van der Waals surface area contributed by atoms with Crippen molar-refractivity contribution in [2.75, 3.05) is 4.90 Å². The molecule has 0 atom stereocenters. The van der Waals surface area contributed by atoms with Gasteiger partial charge in [0.15, 0.2) is 0 Å². The van der Waals surface area contributed by atoms with Crippen LogP contribution in [0.1, 0.15) is 0 Å². The second-order valence-electron chi connectivity index (χ2n) is 4.34. The fraction of sp³-hybridized carbons (Fsp3) is 0. The molecule has 21 heavy (non-hydrogen) atoms. The highest BCUT2D eigenvalue weighted by atomic mass is 16.1. The van der Waals surface area contributed by atoms with Crippen molar-refractivity contribution in [3.8, 4) is 0 Å². The Kier molecular flexibility index (Phi) is 5.30. The van der Waals surface area contributed by atoms with Crippen molar-refractivity contribution >= 4 is 23.9 Å². The second-order valence-corrected chi connectivity index (χ2v) is 4.34. The number of rotatable bonds is 3. The predicted octanol–water partition coefficient (Wildman–Crippen LogP) is 4.97. The zero-order valence-electron chi connectivity index (χ0n) is 11.7. The van der Waals surface area contributed by atoms with E-state index in [9.17, 15) is 0 Å². The van der Waals surface area contributed by atoms with E-state index >= 15 is 0 Å². The minimum Gasteiger partial charge on any atom is -0.311 e. The summed E-state index contributed by atoms with van der Waals surface area (Å²) in [6.07, 6.45) is 0. The van der Waals surface area contributed by atoms with E-state index in [-0.39, 0.29) is 0 Å². The highest BCUT2D eigenvalue weighted by Crippen LogP contribution is 2.33. The zero-order valence-corrected chi connectivity index (χ0v) is 11.7. The van der Waals surface area contributed by atoms with Crippen LogP contribution in [0.2, 0.25) is 0 Å². The first-order valence-electron chi connectivity index (χ1n) is 6.69. The third kappa shape index (κ3) is 3.57. The molecule has 104 valence electrons. The standard InChI is InChI=1S/C18H15N.CH2O/c1-4-10-16(11-5-1)19(17-12-6-2-7-13-17)18-14-8-3-9-15-18;1-2/h1-15H;1H2. The van der Waals surface area contributed by atoms with Crippen molar-refractivity contribution in [3.63, 3.8) is 0 Å². The molecule has 0 amide bonds. The monoisotopic (exact) mass is 275 g/mol. The summed E-state index contributed by atoms with van der Waals surface area (Å²) >= 11 is 0. The summed E-state index contributed by atoms with van der Waals surface area (Å²) in [5.74, 6) is 0. The normalized spacial score (nSPS) is 9.33. The van der Waals surface area contributed by atoms with E-state index in [1.54, 1.807) is 0 Å². The van der Waals surface area contributed by atoms with Crippen molar-refractivity contribution in [2.45, 2.75) is 0 Å². The van der Waals surface area contributed by atoms with Crippen LogP contribution in [0, 0.1) is 0 Å². The summed E-state index contributed by atoms with van der Waals surface area (Å²) in [5, 5.41) is 0. The van der Waals surface area contributed by atoms with E-state index in [1.165, 1.54) is 17.1 Å². The number of para-hydroxylation sites is 3. The first-order valence-corrected chi connectivity index (χ1v) is 6.69. The van der Waals surface area contributed by atoms with Crippen LogP contribution in [0.5, 0.6) is 0 Å². The molecule has 3 aromatic rings. The summed E-state index contributed by atoms with van der Waals surface area (Å²) < 4.78 is 0. The van der Waals surface area contributed by atoms with Gasteiger partial charge in [0.25, 0.3) is 0 Å². The van der Waals surface area contributed by atoms with Crippen molar-refractivity contribution in [2.24, 2.45) is 0 Å². The molecule has 0 heterocycles. The van der Waals surface area contributed by atoms with Gasteiger partial charge in [-0.2, -0.15) is 0 Å². The molecule has 2 heteroatoms. The Morgan fingerprint density at radius 1 is 0.476 bits per heavy atom. The maximum absolute atomic E-state index is 8.00. The average Bonchev–Trinajstić information content (AvgIpc) is 2.60. The molecule has 0 fully saturated rings. The summed E-state index contributed by atoms with van der Waals surface area (Å²) in [6, 6.07) is 31.3. The lowest BCUT2D eigenvalue weighted by Crippen LogP contribution is -2.09. The molecule has 3 rings (SSSR count). The number of anilines is 3. The van der Waals surface area contributed by atoms with Gasteiger partial charge in [0, 0.05) is 17.1 Å². The van der Waals surface area contributed by atoms with Gasteiger partial charge in [-0.25, -0.2) is 0 Å². The van der Waals surface area contributed by atoms with E-state index < -0.39 is 0 Å². The second kappa shape index (κ2) is 7.65. The molecule has 0 radical (unpaired) electrons. The first-order chi connectivity index (χ1) is 10.4. The van der Waals surface area contributed by atoms with Crippen molar-refractivity contribution in [1.82, 2.24) is 0 Å². The molecule has 0 unspecified atom stereocenters. The Morgan fingerprint density at radius 2 is 0.714 bits per heavy atom. The molecule has 2 nitrogen and oxygen atoms in total. The topological polar surface area (TPSA) is 20.3 Å². The maximum Gasteiger partial charge on any atom is 0.106 e. The van der Waals surface area contributed by atoms with E-state index in [1.807, 2.05) is 25.0 Å². The highest BCUT2D eigenvalue weighted by Gasteiger charge is 2.10. The van der Waals surface area contributed by atoms with Crippen LogP contribution in [-0.4, -0.2) is 6.79 Å². The van der Waals surface area contributed by atoms with Gasteiger partial charge in [0.05, 0.1) is 0 Å². The SMILES string of the molecule is C=O.c1ccc(N(c2ccccc2)c2ccccc2)cc1. The molecule has 0 aromatic heterocycles. The number of carbonyl (C=O) groups is 1. The number of hydrogen-bond donors (Lipinski definition) is 0. The van der Waals surface area contributed by atoms with Gasteiger partial charge in [0.1, 0.15) is 6.79 Å². The molecule has 0 spiro atoms. The average molecular weight is 275 g/mol. The molecule has 0 bridgehead atoms. The largest absolute Gasteiger partial charge is 0.311 e. The zero-order chi connectivity index (χ0) is 14.9. The van der Waals surface area contributed by atoms with Crippen molar-refractivity contribution in [3.05, 3.63) is 91.0 Å². The summed E-state index contributed by atoms with van der Waals surface area (Å²) in [4.78, 5) is 10.2. The van der Waals surface area contributed by atoms with Crippen LogP contribution < -0.4 is 4.90 Å². The number of benzene rings is 3. The predicted molar refractivity (Wildman–Crippen MR) is 88.2 cm³/mol. The smallest absolute Gasteiger partial charge is 0.106 e. The molecular weight excluding hydrogens is 258 g/mol. The van der Waals surface area contributed by atoms with Crippen molar-refractivity contribution < 1.29 is 4.79 Å². The van der Waals surface area contributed by atoms with Crippen LogP contribution in [0.15, 0.2) is 91.0 Å². The van der Waals surface area contributed by atoms with E-state index in [4.69, 9.17) is 4.79 Å². The third-order valence-electron chi connectivity index (χ3n) is 3.04. The molecule has 3 aromatic carbocycles. The summed E-state index contributed by atoms with van der Waals surface area (Å²) in [7, 11) is 0. The van der Waals surface area contributed by atoms with Crippen LogP contribution in [0.25, 0.3) is 0 Å². The first kappa shape index (κ1) is 14.5. The molecule has 0 N–H and O–H groups in total. The summed E-state index contributed by atoms with van der Waals surface area (Å²) in [5.41, 5.74) is 3.50. The minimum atomic E-state index is 1.17. The Hall–Kier alpha value is -2.87. The number of carbonyl (C=O) groups excluding carboxylic acids is 1. The molecule has 0 aliphatic heterocycles. The minimum absolute atomic E-state index is 1.17. The summed E-state index contributed by atoms with van der Waals surface area (Å²) in [6.45, 7) is 2.00. The van der Waals surface area contributed by atoms with Crippen LogP contribution in [0.4, 0.5) is 17.1 Å². The van der Waals surface area contributed by atoms with Gasteiger partial charge in [-0.3, -0.25) is 0 Å². The Bertz CT molecular complexity index is 544. The lowest BCUT2D eigenvalue weighted by Gasteiger charge is -2.25. The van der Waals surface area contributed by atoms with Crippen molar-refractivity contribution in [1.29, 1.82) is 0 Å². The van der Waals surface area contributed by atoms with Gasteiger partial charge in [-0.05, 0) is 36.4 Å².